The van der Waals surface area contributed by atoms with Gasteiger partial charge < -0.3 is 56.6 Å². The lowest BCUT2D eigenvalue weighted by atomic mass is 9.95. The van der Waals surface area contributed by atoms with Gasteiger partial charge in [0.1, 0.15) is 41.6 Å². The highest BCUT2D eigenvalue weighted by molar-refractivity contribution is 8.00. The van der Waals surface area contributed by atoms with Gasteiger partial charge in [-0.1, -0.05) is 76.2 Å². The number of amides is 6. The maximum atomic E-state index is 14.0. The van der Waals surface area contributed by atoms with Gasteiger partial charge in [0, 0.05) is 55.2 Å². The molecule has 22 heteroatoms. The number of carbonyl (C=O) groups is 7. The maximum Gasteiger partial charge on any atom is 0.351 e. The van der Waals surface area contributed by atoms with E-state index in [0.29, 0.717) is 11.3 Å². The van der Waals surface area contributed by atoms with E-state index in [1.165, 1.54) is 35.5 Å². The minimum Gasteiger partial charge on any atom is -0.467 e. The summed E-state index contributed by atoms with van der Waals surface area (Å²) in [6.45, 7) is 8.21. The Morgan fingerprint density at radius 2 is 1.56 bits per heavy atom. The molecule has 4 aromatic rings. The lowest BCUT2D eigenvalue weighted by Crippen LogP contribution is -2.58. The van der Waals surface area contributed by atoms with Crippen LogP contribution in [0.3, 0.4) is 0 Å². The van der Waals surface area contributed by atoms with Crippen LogP contribution >= 0.6 is 11.8 Å². The highest BCUT2D eigenvalue weighted by atomic mass is 32.2. The number of hydrogen-bond donors (Lipinski definition) is 9. The van der Waals surface area contributed by atoms with Crippen LogP contribution in [0.1, 0.15) is 77.7 Å². The van der Waals surface area contributed by atoms with E-state index in [0.717, 1.165) is 23.6 Å². The van der Waals surface area contributed by atoms with Crippen LogP contribution in [0.15, 0.2) is 77.9 Å². The molecule has 2 aromatic heterocycles. The smallest absolute Gasteiger partial charge is 0.351 e. The normalized spacial score (nSPS) is 17.0. The van der Waals surface area contributed by atoms with E-state index in [4.69, 9.17) is 9.47 Å². The molecule has 0 saturated carbocycles. The predicted molar refractivity (Wildman–Crippen MR) is 264 cm³/mol. The van der Waals surface area contributed by atoms with Crippen molar-refractivity contribution in [3.63, 3.8) is 0 Å². The van der Waals surface area contributed by atoms with Crippen LogP contribution < -0.4 is 37.6 Å². The molecule has 2 aromatic carbocycles. The Hall–Kier alpha value is -6.62. The summed E-state index contributed by atoms with van der Waals surface area (Å²) in [6.07, 6.45) is 0.0235. The van der Waals surface area contributed by atoms with Gasteiger partial charge in [-0.25, -0.2) is 9.59 Å². The second-order valence-electron chi connectivity index (χ2n) is 18.1. The molecule has 0 bridgehead atoms. The quantitative estimate of drug-likeness (QED) is 0.0426. The molecule has 384 valence electrons. The van der Waals surface area contributed by atoms with Crippen LogP contribution in [-0.4, -0.2) is 127 Å². The second kappa shape index (κ2) is 26.6. The molecule has 0 spiro atoms. The fourth-order valence-corrected chi connectivity index (χ4v) is 8.97. The third-order valence-electron chi connectivity index (χ3n) is 11.6. The van der Waals surface area contributed by atoms with Gasteiger partial charge >= 0.3 is 11.7 Å². The molecule has 5 rings (SSSR count). The summed E-state index contributed by atoms with van der Waals surface area (Å²) in [4.78, 5) is 114. The Bertz CT molecular complexity index is 2540. The molecule has 21 nitrogen and oxygen atoms in total. The SMILES string of the molecule is COC(=O)[C@H](Cc1ccccc1)NC(=O)[C@H](CCC(=O)Nc1ccn([C@H]2CS[C@@H](CO)O2)c(=O)n1)NC(=O)C[C@H](O)C(CC(C)C)NC(=O)[C@@H](NC(=O)[C@H](Cc1c[nH]c2ccccc12)NC(C)=O)C(C)C. The number of fused-ring (bicyclic) bond motifs is 1. The summed E-state index contributed by atoms with van der Waals surface area (Å²) in [5, 5.41) is 37.9. The second-order valence-corrected chi connectivity index (χ2v) is 19.3. The third-order valence-corrected chi connectivity index (χ3v) is 12.7. The van der Waals surface area contributed by atoms with Gasteiger partial charge in [-0.15, -0.1) is 11.8 Å². The van der Waals surface area contributed by atoms with Gasteiger partial charge in [0.2, 0.25) is 35.4 Å². The predicted octanol–water partition coefficient (Wildman–Crippen LogP) is 1.58. The van der Waals surface area contributed by atoms with Crippen molar-refractivity contribution in [3.05, 3.63) is 94.7 Å². The Morgan fingerprint density at radius 3 is 2.21 bits per heavy atom. The molecular weight excluding hydrogens is 939 g/mol. The monoisotopic (exact) mass is 1000 g/mol. The first-order valence-electron chi connectivity index (χ1n) is 23.4. The minimum atomic E-state index is -1.51. The number of aromatic nitrogens is 3. The van der Waals surface area contributed by atoms with Crippen molar-refractivity contribution in [2.75, 3.05) is 24.8 Å². The minimum absolute atomic E-state index is 0.0357. The Kier molecular flexibility index (Phi) is 20.7. The van der Waals surface area contributed by atoms with Gasteiger partial charge in [-0.3, -0.25) is 33.3 Å². The number of aliphatic hydroxyl groups excluding tert-OH is 2. The topological polar surface area (TPSA) is 301 Å². The molecular formula is C49H65N9O12S. The number of H-pyrrole nitrogens is 1. The average Bonchev–Trinajstić information content (AvgIpc) is 3.98. The van der Waals surface area contributed by atoms with Crippen molar-refractivity contribution in [1.82, 2.24) is 41.1 Å². The summed E-state index contributed by atoms with van der Waals surface area (Å²) in [5.41, 5.74) is 1.12. The molecule has 9 N–H and O–H groups in total. The van der Waals surface area contributed by atoms with E-state index in [2.05, 4.69) is 41.9 Å². The lowest BCUT2D eigenvalue weighted by molar-refractivity contribution is -0.145. The molecule has 1 aliphatic rings. The first kappa shape index (κ1) is 55.3. The Labute approximate surface area is 415 Å². The first-order valence-corrected chi connectivity index (χ1v) is 24.5. The van der Waals surface area contributed by atoms with E-state index in [9.17, 15) is 48.6 Å². The number of esters is 1. The summed E-state index contributed by atoms with van der Waals surface area (Å²) in [7, 11) is 1.16. The number of nitrogens with one attached hydrogen (secondary N) is 7. The van der Waals surface area contributed by atoms with Crippen LogP contribution in [-0.2, 0) is 55.9 Å². The summed E-state index contributed by atoms with van der Waals surface area (Å²) >= 11 is 1.33. The molecule has 71 heavy (non-hydrogen) atoms. The van der Waals surface area contributed by atoms with Crippen LogP contribution in [0.4, 0.5) is 5.82 Å². The molecule has 1 unspecified atom stereocenters. The van der Waals surface area contributed by atoms with E-state index in [1.54, 1.807) is 50.4 Å². The van der Waals surface area contributed by atoms with Crippen molar-refractivity contribution < 1.29 is 53.2 Å². The zero-order chi connectivity index (χ0) is 51.8. The first-order chi connectivity index (χ1) is 33.8. The Morgan fingerprint density at radius 1 is 0.859 bits per heavy atom. The fraction of sp³-hybridized carbons (Fsp3) is 0.490. The van der Waals surface area contributed by atoms with E-state index >= 15 is 0 Å². The number of para-hydroxylation sites is 1. The van der Waals surface area contributed by atoms with Gasteiger partial charge in [-0.2, -0.15) is 4.98 Å². The van der Waals surface area contributed by atoms with Crippen molar-refractivity contribution in [2.24, 2.45) is 11.8 Å². The standard InChI is InChI=1S/C49H65N9O12S/c1-27(2)20-35(53-47(66)44(28(3)4)57-46(65)36(51-29(5)60)22-31-24-50-33-15-11-10-14-32(31)33)38(61)23-41(63)52-34(45(64)54-37(48(67)69-6)21-30-12-8-7-9-13-30)16-17-40(62)55-39-18-19-58(49(68)56-39)42-26-71-43(25-59)70-42/h7-15,18-19,24,27-28,34-38,42-44,50,59,61H,16-17,20-23,25-26H2,1-6H3,(H,51,60)(H,52,63)(H,53,66)(H,54,64)(H,57,65)(H,55,56,62,68)/t34-,35?,36-,37-,38-,42+,43-,44-/m0/s1. The number of carbonyl (C=O) groups excluding carboxylic acids is 7. The fourth-order valence-electron chi connectivity index (χ4n) is 8.04. The molecule has 0 aliphatic carbocycles. The molecule has 0 radical (unpaired) electrons. The number of benzene rings is 2. The summed E-state index contributed by atoms with van der Waals surface area (Å²) in [6, 6.07) is 11.9. The molecule has 1 saturated heterocycles. The highest BCUT2D eigenvalue weighted by Crippen LogP contribution is 2.30. The van der Waals surface area contributed by atoms with Crippen molar-refractivity contribution >= 4 is 69.9 Å². The van der Waals surface area contributed by atoms with E-state index in [1.807, 2.05) is 38.1 Å². The molecule has 1 aliphatic heterocycles. The molecule has 6 amide bonds. The number of nitrogens with zero attached hydrogens (tertiary/aromatic N) is 2. The van der Waals surface area contributed by atoms with Crippen molar-refractivity contribution in [1.29, 1.82) is 0 Å². The molecule has 1 fully saturated rings. The van der Waals surface area contributed by atoms with Crippen LogP contribution in [0.5, 0.6) is 0 Å². The summed E-state index contributed by atoms with van der Waals surface area (Å²) < 4.78 is 11.8. The van der Waals surface area contributed by atoms with Crippen molar-refractivity contribution in [3.8, 4) is 0 Å². The molecule has 3 heterocycles. The zero-order valence-corrected chi connectivity index (χ0v) is 41.5. The van der Waals surface area contributed by atoms with Crippen LogP contribution in [0, 0.1) is 11.8 Å². The number of rotatable bonds is 25. The van der Waals surface area contributed by atoms with E-state index in [-0.39, 0.29) is 50.4 Å². The number of aromatic amines is 1. The molecule has 8 atom stereocenters. The van der Waals surface area contributed by atoms with Gasteiger partial charge in [0.15, 0.2) is 0 Å². The van der Waals surface area contributed by atoms with Gasteiger partial charge in [-0.05, 0) is 47.9 Å². The van der Waals surface area contributed by atoms with Crippen LogP contribution in [0.25, 0.3) is 10.9 Å². The van der Waals surface area contributed by atoms with Crippen molar-refractivity contribution in [2.45, 2.75) is 121 Å². The maximum absolute atomic E-state index is 14.0. The number of thioether (sulfide) groups is 1. The zero-order valence-electron chi connectivity index (χ0n) is 40.6. The van der Waals surface area contributed by atoms with Crippen LogP contribution in [0.2, 0.25) is 0 Å². The third kappa shape index (κ3) is 16.5. The number of hydrogen-bond acceptors (Lipinski definition) is 14. The Balaban J connectivity index is 1.28. The number of anilines is 1. The highest BCUT2D eigenvalue weighted by Gasteiger charge is 2.34. The summed E-state index contributed by atoms with van der Waals surface area (Å²) in [5.74, 6) is -5.05. The van der Waals surface area contributed by atoms with Gasteiger partial charge in [0.05, 0.1) is 32.3 Å². The number of aliphatic hydroxyl groups is 2. The lowest BCUT2D eigenvalue weighted by Gasteiger charge is -2.30. The van der Waals surface area contributed by atoms with E-state index < -0.39 is 107 Å². The average molecular weight is 1000 g/mol. The number of ether oxygens (including phenoxy) is 2. The van der Waals surface area contributed by atoms with Gasteiger partial charge in [0.25, 0.3) is 0 Å². The largest absolute Gasteiger partial charge is 0.467 e. The number of methoxy groups -OCH3 is 1.